The first-order chi connectivity index (χ1) is 10.1. The van der Waals surface area contributed by atoms with Crippen LogP contribution in [0.1, 0.15) is 37.0 Å². The van der Waals surface area contributed by atoms with Gasteiger partial charge in [0.1, 0.15) is 5.54 Å². The van der Waals surface area contributed by atoms with Crippen LogP contribution in [0.25, 0.3) is 0 Å². The van der Waals surface area contributed by atoms with E-state index in [-0.39, 0.29) is 17.9 Å². The number of amides is 2. The lowest BCUT2D eigenvalue weighted by atomic mass is 9.96. The number of carbonyl (C=O) groups is 2. The molecule has 2 atom stereocenters. The number of ether oxygens (including phenoxy) is 1. The van der Waals surface area contributed by atoms with Crippen LogP contribution in [0.5, 0.6) is 0 Å². The molecule has 2 unspecified atom stereocenters. The Morgan fingerprint density at radius 1 is 1.38 bits per heavy atom. The Labute approximate surface area is 124 Å². The van der Waals surface area contributed by atoms with E-state index in [2.05, 4.69) is 5.32 Å². The normalized spacial score (nSPS) is 29.0. The minimum atomic E-state index is -0.876. The van der Waals surface area contributed by atoms with Crippen molar-refractivity contribution in [3.8, 4) is 0 Å². The SMILES string of the molecule is CCC1(C)NC(=O)c2ccccc2N(C2CCOC2)C1=O. The first-order valence-corrected chi connectivity index (χ1v) is 7.40. The number of hydrogen-bond donors (Lipinski definition) is 1. The lowest BCUT2D eigenvalue weighted by molar-refractivity contribution is -0.124. The van der Waals surface area contributed by atoms with E-state index in [1.165, 1.54) is 0 Å². The maximum atomic E-state index is 13.0. The summed E-state index contributed by atoms with van der Waals surface area (Å²) in [6, 6.07) is 7.28. The molecule has 2 amide bonds. The molecule has 0 radical (unpaired) electrons. The lowest BCUT2D eigenvalue weighted by Gasteiger charge is -2.34. The van der Waals surface area contributed by atoms with Gasteiger partial charge >= 0.3 is 0 Å². The highest BCUT2D eigenvalue weighted by molar-refractivity contribution is 6.12. The largest absolute Gasteiger partial charge is 0.379 e. The molecular weight excluding hydrogens is 268 g/mol. The Bertz CT molecular complexity index is 581. The van der Waals surface area contributed by atoms with E-state index in [0.717, 1.165) is 6.42 Å². The van der Waals surface area contributed by atoms with Crippen molar-refractivity contribution in [3.05, 3.63) is 29.8 Å². The number of hydrogen-bond acceptors (Lipinski definition) is 3. The molecule has 5 nitrogen and oxygen atoms in total. The Morgan fingerprint density at radius 2 is 2.14 bits per heavy atom. The zero-order valence-electron chi connectivity index (χ0n) is 12.4. The number of carbonyl (C=O) groups excluding carboxylic acids is 2. The van der Waals surface area contributed by atoms with Gasteiger partial charge in [0, 0.05) is 6.61 Å². The molecular formula is C16H20N2O3. The average Bonchev–Trinajstić information content (AvgIpc) is 2.99. The summed E-state index contributed by atoms with van der Waals surface area (Å²) in [5.41, 5.74) is 0.362. The molecule has 0 aliphatic carbocycles. The molecule has 0 saturated carbocycles. The fraction of sp³-hybridized carbons (Fsp3) is 0.500. The summed E-state index contributed by atoms with van der Waals surface area (Å²) in [5, 5.41) is 2.89. The van der Waals surface area contributed by atoms with E-state index in [1.54, 1.807) is 17.9 Å². The molecule has 0 bridgehead atoms. The molecule has 0 aromatic heterocycles. The summed E-state index contributed by atoms with van der Waals surface area (Å²) in [4.78, 5) is 27.3. The third kappa shape index (κ3) is 2.21. The van der Waals surface area contributed by atoms with Gasteiger partial charge in [-0.05, 0) is 31.9 Å². The maximum absolute atomic E-state index is 13.0. The molecule has 5 heteroatoms. The van der Waals surface area contributed by atoms with Crippen molar-refractivity contribution in [2.24, 2.45) is 0 Å². The summed E-state index contributed by atoms with van der Waals surface area (Å²) in [6.45, 7) is 4.88. The number of para-hydroxylation sites is 1. The summed E-state index contributed by atoms with van der Waals surface area (Å²) >= 11 is 0. The van der Waals surface area contributed by atoms with Gasteiger partial charge in [0.2, 0.25) is 0 Å². The highest BCUT2D eigenvalue weighted by atomic mass is 16.5. The fourth-order valence-electron chi connectivity index (χ4n) is 2.95. The van der Waals surface area contributed by atoms with Crippen LogP contribution >= 0.6 is 0 Å². The topological polar surface area (TPSA) is 58.6 Å². The van der Waals surface area contributed by atoms with Crippen molar-refractivity contribution < 1.29 is 14.3 Å². The number of nitrogens with zero attached hydrogens (tertiary/aromatic N) is 1. The Morgan fingerprint density at radius 3 is 2.81 bits per heavy atom. The lowest BCUT2D eigenvalue weighted by Crippen LogP contribution is -2.57. The van der Waals surface area contributed by atoms with E-state index >= 15 is 0 Å². The number of rotatable bonds is 2. The molecule has 2 aliphatic heterocycles. The molecule has 1 saturated heterocycles. The van der Waals surface area contributed by atoms with Crippen LogP contribution < -0.4 is 10.2 Å². The second-order valence-electron chi connectivity index (χ2n) is 5.85. The zero-order chi connectivity index (χ0) is 15.0. The van der Waals surface area contributed by atoms with Gasteiger partial charge in [-0.2, -0.15) is 0 Å². The number of benzene rings is 1. The Hall–Kier alpha value is -1.88. The van der Waals surface area contributed by atoms with E-state index in [9.17, 15) is 9.59 Å². The second kappa shape index (κ2) is 5.15. The van der Waals surface area contributed by atoms with Crippen LogP contribution in [0.3, 0.4) is 0 Å². The Balaban J connectivity index is 2.14. The predicted octanol–water partition coefficient (Wildman–Crippen LogP) is 1.72. The second-order valence-corrected chi connectivity index (χ2v) is 5.85. The van der Waals surface area contributed by atoms with Crippen LogP contribution in [0.2, 0.25) is 0 Å². The first-order valence-electron chi connectivity index (χ1n) is 7.40. The molecule has 1 fully saturated rings. The van der Waals surface area contributed by atoms with Gasteiger partial charge in [0.15, 0.2) is 0 Å². The van der Waals surface area contributed by atoms with Crippen molar-refractivity contribution >= 4 is 17.5 Å². The van der Waals surface area contributed by atoms with Crippen molar-refractivity contribution in [1.29, 1.82) is 0 Å². The van der Waals surface area contributed by atoms with Crippen LogP contribution in [0.4, 0.5) is 5.69 Å². The van der Waals surface area contributed by atoms with Gasteiger partial charge in [-0.15, -0.1) is 0 Å². The molecule has 1 aromatic rings. The molecule has 21 heavy (non-hydrogen) atoms. The number of nitrogens with one attached hydrogen (secondary N) is 1. The van der Waals surface area contributed by atoms with Crippen molar-refractivity contribution in [1.82, 2.24) is 5.32 Å². The van der Waals surface area contributed by atoms with Gasteiger partial charge in [0.25, 0.3) is 11.8 Å². The number of anilines is 1. The van der Waals surface area contributed by atoms with Crippen molar-refractivity contribution in [2.45, 2.75) is 38.3 Å². The molecule has 3 rings (SSSR count). The highest BCUT2D eigenvalue weighted by Crippen LogP contribution is 2.32. The highest BCUT2D eigenvalue weighted by Gasteiger charge is 2.44. The molecule has 0 spiro atoms. The summed E-state index contributed by atoms with van der Waals surface area (Å²) in [5.74, 6) is -0.247. The smallest absolute Gasteiger partial charge is 0.254 e. The number of fused-ring (bicyclic) bond motifs is 1. The van der Waals surface area contributed by atoms with Gasteiger partial charge < -0.3 is 15.0 Å². The maximum Gasteiger partial charge on any atom is 0.254 e. The predicted molar refractivity (Wildman–Crippen MR) is 79.3 cm³/mol. The minimum Gasteiger partial charge on any atom is -0.379 e. The standard InChI is InChI=1S/C16H20N2O3/c1-3-16(2)15(20)18(11-8-9-21-10-11)13-7-5-4-6-12(13)14(19)17-16/h4-7,11H,3,8-10H2,1-2H3,(H,17,19). The monoisotopic (exact) mass is 288 g/mol. The van der Waals surface area contributed by atoms with E-state index in [4.69, 9.17) is 4.74 Å². The molecule has 2 aliphatic rings. The summed E-state index contributed by atoms with van der Waals surface area (Å²) in [7, 11) is 0. The molecule has 1 N–H and O–H groups in total. The van der Waals surface area contributed by atoms with Gasteiger partial charge in [-0.25, -0.2) is 0 Å². The van der Waals surface area contributed by atoms with Gasteiger partial charge in [-0.1, -0.05) is 19.1 Å². The minimum absolute atomic E-state index is 0.00257. The zero-order valence-corrected chi connectivity index (χ0v) is 12.4. The van der Waals surface area contributed by atoms with Crippen LogP contribution in [0.15, 0.2) is 24.3 Å². The molecule has 2 heterocycles. The van der Waals surface area contributed by atoms with Crippen LogP contribution in [0, 0.1) is 0 Å². The van der Waals surface area contributed by atoms with Crippen molar-refractivity contribution in [3.63, 3.8) is 0 Å². The summed E-state index contributed by atoms with van der Waals surface area (Å²) < 4.78 is 5.44. The summed E-state index contributed by atoms with van der Waals surface area (Å²) in [6.07, 6.45) is 1.35. The third-order valence-corrected chi connectivity index (χ3v) is 4.47. The Kier molecular flexibility index (Phi) is 3.45. The van der Waals surface area contributed by atoms with Crippen molar-refractivity contribution in [2.75, 3.05) is 18.1 Å². The van der Waals surface area contributed by atoms with Gasteiger partial charge in [0.05, 0.1) is 23.9 Å². The third-order valence-electron chi connectivity index (χ3n) is 4.47. The van der Waals surface area contributed by atoms with E-state index in [1.807, 2.05) is 25.1 Å². The van der Waals surface area contributed by atoms with E-state index in [0.29, 0.717) is 30.9 Å². The van der Waals surface area contributed by atoms with Crippen LogP contribution in [-0.4, -0.2) is 36.6 Å². The fourth-order valence-corrected chi connectivity index (χ4v) is 2.95. The quantitative estimate of drug-likeness (QED) is 0.901. The van der Waals surface area contributed by atoms with E-state index < -0.39 is 5.54 Å². The van der Waals surface area contributed by atoms with Gasteiger partial charge in [-0.3, -0.25) is 9.59 Å². The first kappa shape index (κ1) is 14.1. The van der Waals surface area contributed by atoms with Crippen LogP contribution in [-0.2, 0) is 9.53 Å². The molecule has 1 aromatic carbocycles. The average molecular weight is 288 g/mol. The molecule has 112 valence electrons.